The zero-order chi connectivity index (χ0) is 10.4. The predicted octanol–water partition coefficient (Wildman–Crippen LogP) is 1.43. The van der Waals surface area contributed by atoms with Crippen molar-refractivity contribution in [3.63, 3.8) is 0 Å². The smallest absolute Gasteiger partial charge is 0.166 e. The molecular formula is C10H20N2OS. The van der Waals surface area contributed by atoms with Gasteiger partial charge in [-0.1, -0.05) is 12.8 Å². The number of rotatable bonds is 4. The molecule has 0 aromatic carbocycles. The molecule has 0 saturated heterocycles. The Balaban J connectivity index is 2.14. The largest absolute Gasteiger partial charge is 0.383 e. The van der Waals surface area contributed by atoms with Crippen LogP contribution in [-0.2, 0) is 4.74 Å². The number of hydrogen-bond donors (Lipinski definition) is 2. The summed E-state index contributed by atoms with van der Waals surface area (Å²) in [5.41, 5.74) is 0. The van der Waals surface area contributed by atoms with E-state index in [4.69, 9.17) is 17.0 Å². The Kier molecular flexibility index (Phi) is 5.19. The van der Waals surface area contributed by atoms with Gasteiger partial charge in [0.15, 0.2) is 5.11 Å². The first kappa shape index (κ1) is 11.7. The van der Waals surface area contributed by atoms with Crippen LogP contribution < -0.4 is 10.6 Å². The molecule has 1 aliphatic rings. The second kappa shape index (κ2) is 6.19. The van der Waals surface area contributed by atoms with Crippen LogP contribution in [0.15, 0.2) is 0 Å². The summed E-state index contributed by atoms with van der Waals surface area (Å²) in [7, 11) is 1.70. The summed E-state index contributed by atoms with van der Waals surface area (Å²) < 4.78 is 5.02. The molecule has 3 nitrogen and oxygen atoms in total. The number of thiocarbonyl (C=S) groups is 1. The summed E-state index contributed by atoms with van der Waals surface area (Å²) in [6.45, 7) is 2.75. The van der Waals surface area contributed by atoms with Crippen molar-refractivity contribution in [1.29, 1.82) is 0 Å². The molecule has 14 heavy (non-hydrogen) atoms. The summed E-state index contributed by atoms with van der Waals surface area (Å²) >= 11 is 5.20. The van der Waals surface area contributed by atoms with Crippen molar-refractivity contribution in [2.75, 3.05) is 13.7 Å². The van der Waals surface area contributed by atoms with Crippen molar-refractivity contribution >= 4 is 17.3 Å². The van der Waals surface area contributed by atoms with Crippen LogP contribution in [0.3, 0.4) is 0 Å². The Morgan fingerprint density at radius 2 is 2.14 bits per heavy atom. The quantitative estimate of drug-likeness (QED) is 0.697. The molecule has 4 heteroatoms. The third-order valence-corrected chi connectivity index (χ3v) is 2.72. The van der Waals surface area contributed by atoms with Crippen molar-refractivity contribution in [3.8, 4) is 0 Å². The molecular weight excluding hydrogens is 196 g/mol. The van der Waals surface area contributed by atoms with Crippen LogP contribution in [0.5, 0.6) is 0 Å². The van der Waals surface area contributed by atoms with E-state index >= 15 is 0 Å². The van der Waals surface area contributed by atoms with E-state index in [9.17, 15) is 0 Å². The van der Waals surface area contributed by atoms with Crippen LogP contribution in [0, 0.1) is 0 Å². The van der Waals surface area contributed by atoms with Crippen molar-refractivity contribution in [2.24, 2.45) is 0 Å². The molecule has 0 heterocycles. The Morgan fingerprint density at radius 3 is 2.71 bits per heavy atom. The minimum Gasteiger partial charge on any atom is -0.383 e. The van der Waals surface area contributed by atoms with Gasteiger partial charge < -0.3 is 15.4 Å². The lowest BCUT2D eigenvalue weighted by Crippen LogP contribution is -2.45. The molecule has 82 valence electrons. The third-order valence-electron chi connectivity index (χ3n) is 2.48. The molecule has 1 saturated carbocycles. The van der Waals surface area contributed by atoms with Gasteiger partial charge in [0.1, 0.15) is 0 Å². The van der Waals surface area contributed by atoms with Gasteiger partial charge in [-0.25, -0.2) is 0 Å². The minimum absolute atomic E-state index is 0.279. The van der Waals surface area contributed by atoms with Gasteiger partial charge in [0.25, 0.3) is 0 Å². The summed E-state index contributed by atoms with van der Waals surface area (Å²) in [5.74, 6) is 0. The summed E-state index contributed by atoms with van der Waals surface area (Å²) in [4.78, 5) is 0. The van der Waals surface area contributed by atoms with Crippen LogP contribution in [0.4, 0.5) is 0 Å². The molecule has 1 aliphatic carbocycles. The van der Waals surface area contributed by atoms with Gasteiger partial charge >= 0.3 is 0 Å². The van der Waals surface area contributed by atoms with Gasteiger partial charge in [-0.05, 0) is 32.0 Å². The Morgan fingerprint density at radius 1 is 1.50 bits per heavy atom. The van der Waals surface area contributed by atoms with Gasteiger partial charge in [0.2, 0.25) is 0 Å². The van der Waals surface area contributed by atoms with Gasteiger partial charge in [0, 0.05) is 19.2 Å². The number of nitrogens with one attached hydrogen (secondary N) is 2. The highest BCUT2D eigenvalue weighted by molar-refractivity contribution is 7.80. The fourth-order valence-electron chi connectivity index (χ4n) is 1.81. The van der Waals surface area contributed by atoms with E-state index in [-0.39, 0.29) is 6.04 Å². The molecule has 0 spiro atoms. The van der Waals surface area contributed by atoms with Gasteiger partial charge in [-0.3, -0.25) is 0 Å². The first-order chi connectivity index (χ1) is 6.72. The predicted molar refractivity (Wildman–Crippen MR) is 62.5 cm³/mol. The van der Waals surface area contributed by atoms with Crippen molar-refractivity contribution < 1.29 is 4.74 Å². The molecule has 0 aromatic heterocycles. The topological polar surface area (TPSA) is 33.3 Å². The molecule has 1 fully saturated rings. The summed E-state index contributed by atoms with van der Waals surface area (Å²) in [5, 5.41) is 7.30. The van der Waals surface area contributed by atoms with E-state index in [2.05, 4.69) is 17.6 Å². The van der Waals surface area contributed by atoms with Crippen LogP contribution in [-0.4, -0.2) is 30.9 Å². The van der Waals surface area contributed by atoms with Crippen LogP contribution in [0.25, 0.3) is 0 Å². The molecule has 0 aromatic rings. The number of methoxy groups -OCH3 is 1. The van der Waals surface area contributed by atoms with E-state index in [1.807, 2.05) is 0 Å². The first-order valence-electron chi connectivity index (χ1n) is 5.28. The van der Waals surface area contributed by atoms with E-state index in [0.717, 1.165) is 5.11 Å². The first-order valence-corrected chi connectivity index (χ1v) is 5.69. The average Bonchev–Trinajstić information content (AvgIpc) is 2.56. The SMILES string of the molecule is COCC(C)NC(=S)NC1CCCC1. The lowest BCUT2D eigenvalue weighted by Gasteiger charge is -2.19. The Bertz CT molecular complexity index is 181. The molecule has 0 amide bonds. The van der Waals surface area contributed by atoms with Crippen molar-refractivity contribution in [2.45, 2.75) is 44.7 Å². The molecule has 1 unspecified atom stereocenters. The molecule has 1 rings (SSSR count). The fourth-order valence-corrected chi connectivity index (χ4v) is 2.18. The van der Waals surface area contributed by atoms with Crippen molar-refractivity contribution in [3.05, 3.63) is 0 Å². The van der Waals surface area contributed by atoms with E-state index in [1.165, 1.54) is 25.7 Å². The van der Waals surface area contributed by atoms with E-state index in [1.54, 1.807) is 7.11 Å². The number of ether oxygens (including phenoxy) is 1. The monoisotopic (exact) mass is 216 g/mol. The molecule has 0 bridgehead atoms. The summed E-state index contributed by atoms with van der Waals surface area (Å²) in [6.07, 6.45) is 5.16. The van der Waals surface area contributed by atoms with Crippen LogP contribution in [0.1, 0.15) is 32.6 Å². The standard InChI is InChI=1S/C10H20N2OS/c1-8(7-13-2)11-10(14)12-9-5-3-4-6-9/h8-9H,3-7H2,1-2H3,(H2,11,12,14). The zero-order valence-corrected chi connectivity index (χ0v) is 9.82. The minimum atomic E-state index is 0.279. The maximum atomic E-state index is 5.20. The van der Waals surface area contributed by atoms with Gasteiger partial charge in [-0.15, -0.1) is 0 Å². The van der Waals surface area contributed by atoms with E-state index < -0.39 is 0 Å². The molecule has 2 N–H and O–H groups in total. The second-order valence-electron chi connectivity index (χ2n) is 3.96. The van der Waals surface area contributed by atoms with E-state index in [0.29, 0.717) is 12.6 Å². The maximum Gasteiger partial charge on any atom is 0.166 e. The van der Waals surface area contributed by atoms with Crippen LogP contribution in [0.2, 0.25) is 0 Å². The van der Waals surface area contributed by atoms with Crippen molar-refractivity contribution in [1.82, 2.24) is 10.6 Å². The highest BCUT2D eigenvalue weighted by atomic mass is 32.1. The Labute approximate surface area is 91.6 Å². The van der Waals surface area contributed by atoms with Crippen LogP contribution >= 0.6 is 12.2 Å². The maximum absolute atomic E-state index is 5.20. The lowest BCUT2D eigenvalue weighted by molar-refractivity contribution is 0.179. The highest BCUT2D eigenvalue weighted by Crippen LogP contribution is 2.17. The van der Waals surface area contributed by atoms with Gasteiger partial charge in [-0.2, -0.15) is 0 Å². The number of hydrogen-bond acceptors (Lipinski definition) is 2. The second-order valence-corrected chi connectivity index (χ2v) is 4.36. The molecule has 0 aliphatic heterocycles. The fraction of sp³-hybridized carbons (Fsp3) is 0.900. The summed E-state index contributed by atoms with van der Waals surface area (Å²) in [6, 6.07) is 0.867. The highest BCUT2D eigenvalue weighted by Gasteiger charge is 2.15. The normalized spacial score (nSPS) is 19.3. The molecule has 1 atom stereocenters. The average molecular weight is 216 g/mol. The van der Waals surface area contributed by atoms with Gasteiger partial charge in [0.05, 0.1) is 6.61 Å². The zero-order valence-electron chi connectivity index (χ0n) is 9.01. The lowest BCUT2D eigenvalue weighted by atomic mass is 10.2. The molecule has 0 radical (unpaired) electrons. The Hall–Kier alpha value is -0.350. The third kappa shape index (κ3) is 4.24.